The molecule has 0 fully saturated rings. The summed E-state index contributed by atoms with van der Waals surface area (Å²) >= 11 is -0.167. The molecular weight excluding hydrogens is 287 g/mol. The van der Waals surface area contributed by atoms with Crippen molar-refractivity contribution in [2.45, 2.75) is 18.7 Å². The zero-order valence-electron chi connectivity index (χ0n) is 10.2. The molecule has 0 aliphatic carbocycles. The fraction of sp³-hybridized carbons (Fsp3) is 0.667. The Balaban J connectivity index is 2.77. The summed E-state index contributed by atoms with van der Waals surface area (Å²) in [6, 6.07) is 0. The van der Waals surface area contributed by atoms with Crippen LogP contribution in [-0.4, -0.2) is 46.4 Å². The van der Waals surface area contributed by atoms with Crippen molar-refractivity contribution >= 4 is 17.7 Å². The van der Waals surface area contributed by atoms with Gasteiger partial charge in [-0.25, -0.2) is 9.48 Å². The predicted molar refractivity (Wildman–Crippen MR) is 60.6 cm³/mol. The van der Waals surface area contributed by atoms with Crippen molar-refractivity contribution in [3.8, 4) is 0 Å². The lowest BCUT2D eigenvalue weighted by Gasteiger charge is -2.08. The third kappa shape index (κ3) is 4.71. The molecule has 10 heteroatoms. The van der Waals surface area contributed by atoms with Gasteiger partial charge in [-0.1, -0.05) is 5.21 Å². The summed E-state index contributed by atoms with van der Waals surface area (Å²) in [6.45, 7) is -0.0268. The van der Waals surface area contributed by atoms with Crippen LogP contribution in [0.2, 0.25) is 0 Å². The molecule has 0 saturated carbocycles. The minimum absolute atomic E-state index is 0.00805. The van der Waals surface area contributed by atoms with Crippen molar-refractivity contribution in [1.82, 2.24) is 15.0 Å². The second-order valence-electron chi connectivity index (χ2n) is 3.33. The topological polar surface area (TPSA) is 66.2 Å². The number of ether oxygens (including phenoxy) is 2. The van der Waals surface area contributed by atoms with Crippen molar-refractivity contribution in [2.24, 2.45) is 0 Å². The zero-order valence-corrected chi connectivity index (χ0v) is 11.0. The number of thioether (sulfide) groups is 1. The number of nitrogens with zero attached hydrogens (tertiary/aromatic N) is 3. The third-order valence-corrected chi connectivity index (χ3v) is 2.78. The van der Waals surface area contributed by atoms with Crippen molar-refractivity contribution in [3.05, 3.63) is 11.4 Å². The van der Waals surface area contributed by atoms with E-state index < -0.39 is 11.5 Å². The van der Waals surface area contributed by atoms with Gasteiger partial charge in [-0.15, -0.1) is 5.10 Å². The lowest BCUT2D eigenvalue weighted by atomic mass is 10.3. The number of methoxy groups -OCH3 is 2. The van der Waals surface area contributed by atoms with E-state index in [-0.39, 0.29) is 42.1 Å². The van der Waals surface area contributed by atoms with Crippen LogP contribution in [0.5, 0.6) is 0 Å². The first-order valence-corrected chi connectivity index (χ1v) is 6.08. The van der Waals surface area contributed by atoms with E-state index in [1.54, 1.807) is 0 Å². The van der Waals surface area contributed by atoms with Crippen LogP contribution < -0.4 is 0 Å². The Morgan fingerprint density at radius 3 is 2.63 bits per heavy atom. The van der Waals surface area contributed by atoms with Gasteiger partial charge in [0.1, 0.15) is 0 Å². The molecule has 0 saturated heterocycles. The van der Waals surface area contributed by atoms with Gasteiger partial charge in [0.25, 0.3) is 0 Å². The summed E-state index contributed by atoms with van der Waals surface area (Å²) in [4.78, 5) is 11.4. The van der Waals surface area contributed by atoms with Crippen LogP contribution in [0.4, 0.5) is 13.2 Å². The molecule has 19 heavy (non-hydrogen) atoms. The van der Waals surface area contributed by atoms with E-state index in [1.165, 1.54) is 18.9 Å². The lowest BCUT2D eigenvalue weighted by molar-refractivity contribution is -0.0328. The normalized spacial score (nSPS) is 11.6. The molecule has 0 spiro atoms. The SMILES string of the molecule is COCc1c(C(=O)OC)nnn1CCSC(F)(F)F. The molecule has 0 radical (unpaired) electrons. The van der Waals surface area contributed by atoms with Crippen molar-refractivity contribution < 1.29 is 27.4 Å². The molecule has 1 heterocycles. The maximum atomic E-state index is 12.0. The van der Waals surface area contributed by atoms with E-state index in [0.29, 0.717) is 0 Å². The highest BCUT2D eigenvalue weighted by molar-refractivity contribution is 8.00. The summed E-state index contributed by atoms with van der Waals surface area (Å²) in [5.74, 6) is -0.939. The average molecular weight is 299 g/mol. The molecule has 0 aliphatic rings. The maximum absolute atomic E-state index is 12.0. The van der Waals surface area contributed by atoms with Gasteiger partial charge >= 0.3 is 11.5 Å². The first-order chi connectivity index (χ1) is 8.89. The van der Waals surface area contributed by atoms with E-state index in [4.69, 9.17) is 4.74 Å². The second kappa shape index (κ2) is 6.75. The molecule has 0 aromatic carbocycles. The van der Waals surface area contributed by atoms with Gasteiger partial charge in [-0.05, 0) is 11.8 Å². The van der Waals surface area contributed by atoms with Gasteiger partial charge in [0, 0.05) is 12.9 Å². The molecule has 6 nitrogen and oxygen atoms in total. The molecule has 0 unspecified atom stereocenters. The minimum atomic E-state index is -4.30. The van der Waals surface area contributed by atoms with Gasteiger partial charge in [-0.3, -0.25) is 0 Å². The maximum Gasteiger partial charge on any atom is 0.441 e. The van der Waals surface area contributed by atoms with Crippen LogP contribution in [0.3, 0.4) is 0 Å². The van der Waals surface area contributed by atoms with Crippen molar-refractivity contribution in [2.75, 3.05) is 20.0 Å². The number of carbonyl (C=O) groups is 1. The number of halogens is 3. The van der Waals surface area contributed by atoms with E-state index in [2.05, 4.69) is 15.0 Å². The number of carbonyl (C=O) groups excluding carboxylic acids is 1. The Bertz CT molecular complexity index is 436. The van der Waals surface area contributed by atoms with Crippen molar-refractivity contribution in [3.63, 3.8) is 0 Å². The number of alkyl halides is 3. The van der Waals surface area contributed by atoms with Crippen LogP contribution >= 0.6 is 11.8 Å². The van der Waals surface area contributed by atoms with Crippen LogP contribution in [0.25, 0.3) is 0 Å². The highest BCUT2D eigenvalue weighted by Crippen LogP contribution is 2.30. The minimum Gasteiger partial charge on any atom is -0.464 e. The molecular formula is C9H12F3N3O3S. The Kier molecular flexibility index (Phi) is 5.60. The molecule has 0 atom stereocenters. The Labute approximate surface area is 111 Å². The summed E-state index contributed by atoms with van der Waals surface area (Å²) in [5, 5.41) is 7.22. The molecule has 0 bridgehead atoms. The molecule has 108 valence electrons. The van der Waals surface area contributed by atoms with Crippen molar-refractivity contribution in [1.29, 1.82) is 0 Å². The van der Waals surface area contributed by atoms with E-state index in [9.17, 15) is 18.0 Å². The molecule has 1 rings (SSSR count). The number of hydrogen-bond acceptors (Lipinski definition) is 6. The van der Waals surface area contributed by atoms with E-state index in [1.807, 2.05) is 0 Å². The fourth-order valence-corrected chi connectivity index (χ4v) is 1.79. The summed E-state index contributed by atoms with van der Waals surface area (Å²) in [5.41, 5.74) is -4.06. The molecule has 1 aromatic heterocycles. The van der Waals surface area contributed by atoms with Crippen LogP contribution in [0, 0.1) is 0 Å². The number of rotatable bonds is 6. The number of hydrogen-bond donors (Lipinski definition) is 0. The van der Waals surface area contributed by atoms with E-state index in [0.717, 1.165) is 0 Å². The molecule has 0 aliphatic heterocycles. The smallest absolute Gasteiger partial charge is 0.441 e. The van der Waals surface area contributed by atoms with Gasteiger partial charge in [-0.2, -0.15) is 13.2 Å². The van der Waals surface area contributed by atoms with Crippen LogP contribution in [-0.2, 0) is 22.6 Å². The highest BCUT2D eigenvalue weighted by Gasteiger charge is 2.28. The van der Waals surface area contributed by atoms with Gasteiger partial charge in [0.2, 0.25) is 0 Å². The molecule has 0 amide bonds. The fourth-order valence-electron chi connectivity index (χ4n) is 1.30. The Morgan fingerprint density at radius 1 is 1.42 bits per heavy atom. The Hall–Kier alpha value is -1.29. The zero-order chi connectivity index (χ0) is 14.5. The average Bonchev–Trinajstić information content (AvgIpc) is 2.71. The standard InChI is InChI=1S/C9H12F3N3O3S/c1-17-5-6-7(8(16)18-2)13-14-15(6)3-4-19-9(10,11)12/h3-5H2,1-2H3. The van der Waals surface area contributed by atoms with Gasteiger partial charge in [0.15, 0.2) is 5.69 Å². The summed E-state index contributed by atoms with van der Waals surface area (Å²) in [7, 11) is 2.57. The second-order valence-corrected chi connectivity index (χ2v) is 4.49. The van der Waals surface area contributed by atoms with Crippen LogP contribution in [0.15, 0.2) is 0 Å². The highest BCUT2D eigenvalue weighted by atomic mass is 32.2. The number of esters is 1. The third-order valence-electron chi connectivity index (χ3n) is 2.07. The van der Waals surface area contributed by atoms with E-state index >= 15 is 0 Å². The molecule has 0 N–H and O–H groups in total. The Morgan fingerprint density at radius 2 is 2.11 bits per heavy atom. The first kappa shape index (κ1) is 15.8. The molecule has 1 aromatic rings. The summed E-state index contributed by atoms with van der Waals surface area (Å²) < 4.78 is 46.6. The number of aryl methyl sites for hydroxylation is 1. The largest absolute Gasteiger partial charge is 0.464 e. The van der Waals surface area contributed by atoms with Crippen LogP contribution in [0.1, 0.15) is 16.2 Å². The monoisotopic (exact) mass is 299 g/mol. The summed E-state index contributed by atoms with van der Waals surface area (Å²) in [6.07, 6.45) is 0. The number of aromatic nitrogens is 3. The first-order valence-electron chi connectivity index (χ1n) is 5.09. The van der Waals surface area contributed by atoms with Gasteiger partial charge < -0.3 is 9.47 Å². The lowest BCUT2D eigenvalue weighted by Crippen LogP contribution is -2.13. The van der Waals surface area contributed by atoms with Gasteiger partial charge in [0.05, 0.1) is 26.0 Å². The quantitative estimate of drug-likeness (QED) is 0.741. The predicted octanol–water partition coefficient (Wildman–Crippen LogP) is 1.46.